The van der Waals surface area contributed by atoms with Gasteiger partial charge in [0, 0.05) is 0 Å². The molecule has 1 rings (SSSR count). The molecule has 0 radical (unpaired) electrons. The van der Waals surface area contributed by atoms with Crippen LogP contribution in [-0.4, -0.2) is 18.2 Å². The van der Waals surface area contributed by atoms with E-state index < -0.39 is 5.97 Å². The predicted octanol–water partition coefficient (Wildman–Crippen LogP) is 3.98. The first-order valence-electron chi connectivity index (χ1n) is 6.47. The van der Waals surface area contributed by atoms with Crippen LogP contribution in [0.4, 0.5) is 0 Å². The van der Waals surface area contributed by atoms with Crippen LogP contribution in [0.2, 0.25) is 0 Å². The Morgan fingerprint density at radius 3 is 2.22 bits per heavy atom. The van der Waals surface area contributed by atoms with Crippen molar-refractivity contribution in [3.05, 3.63) is 30.3 Å². The Morgan fingerprint density at radius 1 is 1.28 bits per heavy atom. The van der Waals surface area contributed by atoms with Crippen LogP contribution in [0.1, 0.15) is 39.5 Å². The predicted molar refractivity (Wildman–Crippen MR) is 73.9 cm³/mol. The molecule has 1 unspecified atom stereocenters. The van der Waals surface area contributed by atoms with E-state index in [1.54, 1.807) is 7.11 Å². The van der Waals surface area contributed by atoms with Crippen molar-refractivity contribution in [2.45, 2.75) is 39.5 Å². The van der Waals surface area contributed by atoms with E-state index in [2.05, 4.69) is 6.92 Å². The second kappa shape index (κ2) is 10.6. The van der Waals surface area contributed by atoms with Crippen molar-refractivity contribution in [3.63, 3.8) is 0 Å². The summed E-state index contributed by atoms with van der Waals surface area (Å²) in [6.07, 6.45) is 3.71. The molecule has 0 heterocycles. The molecular weight excluding hydrogens is 228 g/mol. The highest BCUT2D eigenvalue weighted by Crippen LogP contribution is 2.11. The van der Waals surface area contributed by atoms with Gasteiger partial charge in [-0.1, -0.05) is 44.9 Å². The van der Waals surface area contributed by atoms with Gasteiger partial charge in [-0.25, -0.2) is 0 Å². The Hall–Kier alpha value is -1.51. The molecule has 1 aromatic rings. The lowest BCUT2D eigenvalue weighted by atomic mass is 10.00. The lowest BCUT2D eigenvalue weighted by molar-refractivity contribution is -0.142. The molecule has 0 fully saturated rings. The van der Waals surface area contributed by atoms with Crippen LogP contribution < -0.4 is 4.74 Å². The largest absolute Gasteiger partial charge is 0.497 e. The molecule has 0 aliphatic carbocycles. The first-order chi connectivity index (χ1) is 8.65. The van der Waals surface area contributed by atoms with Crippen molar-refractivity contribution in [2.75, 3.05) is 7.11 Å². The number of para-hydroxylation sites is 1. The van der Waals surface area contributed by atoms with E-state index in [1.807, 2.05) is 37.3 Å². The Morgan fingerprint density at radius 2 is 1.89 bits per heavy atom. The number of carboxylic acids is 1. The maximum absolute atomic E-state index is 10.4. The molecule has 0 aromatic heterocycles. The highest BCUT2D eigenvalue weighted by atomic mass is 16.5. The number of hydrogen-bond donors (Lipinski definition) is 1. The monoisotopic (exact) mass is 252 g/mol. The molecule has 3 nitrogen and oxygen atoms in total. The van der Waals surface area contributed by atoms with Crippen LogP contribution in [0.25, 0.3) is 0 Å². The molecule has 1 atom stereocenters. The maximum atomic E-state index is 10.4. The smallest absolute Gasteiger partial charge is 0.306 e. The van der Waals surface area contributed by atoms with Gasteiger partial charge in [0.1, 0.15) is 5.75 Å². The molecule has 102 valence electrons. The fraction of sp³-hybridized carbons (Fsp3) is 0.533. The van der Waals surface area contributed by atoms with E-state index in [-0.39, 0.29) is 5.92 Å². The maximum Gasteiger partial charge on any atom is 0.306 e. The number of rotatable bonds is 6. The minimum absolute atomic E-state index is 0.111. The van der Waals surface area contributed by atoms with Gasteiger partial charge in [0.05, 0.1) is 13.0 Å². The summed E-state index contributed by atoms with van der Waals surface area (Å²) in [5.74, 6) is 0.156. The summed E-state index contributed by atoms with van der Waals surface area (Å²) in [5.41, 5.74) is 0. The van der Waals surface area contributed by atoms with Crippen molar-refractivity contribution in [1.82, 2.24) is 0 Å². The van der Waals surface area contributed by atoms with Gasteiger partial charge in [-0.2, -0.15) is 0 Å². The fourth-order valence-corrected chi connectivity index (χ4v) is 1.51. The lowest BCUT2D eigenvalue weighted by Crippen LogP contribution is -2.11. The van der Waals surface area contributed by atoms with Gasteiger partial charge in [0.25, 0.3) is 0 Å². The topological polar surface area (TPSA) is 46.5 Å². The normalized spacial score (nSPS) is 11.1. The summed E-state index contributed by atoms with van der Waals surface area (Å²) < 4.78 is 4.91. The highest BCUT2D eigenvalue weighted by molar-refractivity contribution is 5.69. The number of ether oxygens (including phenoxy) is 1. The molecule has 0 aliphatic rings. The zero-order valence-corrected chi connectivity index (χ0v) is 11.6. The number of aliphatic carboxylic acids is 1. The van der Waals surface area contributed by atoms with Gasteiger partial charge in [-0.15, -0.1) is 0 Å². The highest BCUT2D eigenvalue weighted by Gasteiger charge is 2.12. The van der Waals surface area contributed by atoms with Gasteiger partial charge in [-0.3, -0.25) is 4.79 Å². The van der Waals surface area contributed by atoms with Gasteiger partial charge < -0.3 is 9.84 Å². The fourth-order valence-electron chi connectivity index (χ4n) is 1.51. The zero-order valence-electron chi connectivity index (χ0n) is 11.6. The van der Waals surface area contributed by atoms with E-state index in [9.17, 15) is 4.79 Å². The van der Waals surface area contributed by atoms with E-state index in [0.717, 1.165) is 31.4 Å². The third-order valence-electron chi connectivity index (χ3n) is 2.73. The number of methoxy groups -OCH3 is 1. The van der Waals surface area contributed by atoms with E-state index in [0.29, 0.717) is 0 Å². The standard InChI is InChI=1S/C8H16O2.C7H8O/c1-3-5-6-7(4-2)8(9)10;1-8-7-5-3-2-4-6-7/h7H,3-6H2,1-2H3,(H,9,10);2-6H,1H3. The Bertz CT molecular complexity index is 309. The Kier molecular flexibility index (Phi) is 9.74. The molecule has 0 spiro atoms. The van der Waals surface area contributed by atoms with E-state index in [4.69, 9.17) is 9.84 Å². The number of carboxylic acid groups (broad SMARTS) is 1. The number of unbranched alkanes of at least 4 members (excludes halogenated alkanes) is 1. The molecule has 1 N–H and O–H groups in total. The lowest BCUT2D eigenvalue weighted by Gasteiger charge is -2.06. The second-order valence-electron chi connectivity index (χ2n) is 4.10. The Labute approximate surface area is 110 Å². The van der Waals surface area contributed by atoms with Gasteiger partial charge >= 0.3 is 5.97 Å². The average Bonchev–Trinajstić information content (AvgIpc) is 2.41. The van der Waals surface area contributed by atoms with Crippen LogP contribution in [0.3, 0.4) is 0 Å². The SMILES string of the molecule is CCCCC(CC)C(=O)O.COc1ccccc1. The summed E-state index contributed by atoms with van der Waals surface area (Å²) in [5, 5.41) is 8.60. The molecule has 0 saturated carbocycles. The van der Waals surface area contributed by atoms with Crippen molar-refractivity contribution >= 4 is 5.97 Å². The van der Waals surface area contributed by atoms with Gasteiger partial charge in [-0.05, 0) is 25.0 Å². The quantitative estimate of drug-likeness (QED) is 0.833. The molecule has 3 heteroatoms. The molecule has 0 bridgehead atoms. The van der Waals surface area contributed by atoms with Crippen molar-refractivity contribution in [3.8, 4) is 5.75 Å². The summed E-state index contributed by atoms with van der Waals surface area (Å²) >= 11 is 0. The molecule has 18 heavy (non-hydrogen) atoms. The van der Waals surface area contributed by atoms with Crippen LogP contribution in [0.15, 0.2) is 30.3 Å². The van der Waals surface area contributed by atoms with Gasteiger partial charge in [0.2, 0.25) is 0 Å². The molecule has 1 aromatic carbocycles. The summed E-state index contributed by atoms with van der Waals surface area (Å²) in [4.78, 5) is 10.4. The van der Waals surface area contributed by atoms with E-state index >= 15 is 0 Å². The number of benzene rings is 1. The van der Waals surface area contributed by atoms with Crippen LogP contribution in [0, 0.1) is 5.92 Å². The molecule has 0 aliphatic heterocycles. The minimum Gasteiger partial charge on any atom is -0.497 e. The van der Waals surface area contributed by atoms with Crippen molar-refractivity contribution in [2.24, 2.45) is 5.92 Å². The average molecular weight is 252 g/mol. The van der Waals surface area contributed by atoms with Crippen LogP contribution >= 0.6 is 0 Å². The summed E-state index contributed by atoms with van der Waals surface area (Å²) in [7, 11) is 1.66. The van der Waals surface area contributed by atoms with Crippen molar-refractivity contribution < 1.29 is 14.6 Å². The van der Waals surface area contributed by atoms with E-state index in [1.165, 1.54) is 0 Å². The first-order valence-corrected chi connectivity index (χ1v) is 6.47. The minimum atomic E-state index is -0.643. The van der Waals surface area contributed by atoms with Crippen molar-refractivity contribution in [1.29, 1.82) is 0 Å². The second-order valence-corrected chi connectivity index (χ2v) is 4.10. The third kappa shape index (κ3) is 7.71. The number of carbonyl (C=O) groups is 1. The number of hydrogen-bond acceptors (Lipinski definition) is 2. The molecular formula is C15H24O3. The van der Waals surface area contributed by atoms with Gasteiger partial charge in [0.15, 0.2) is 0 Å². The summed E-state index contributed by atoms with van der Waals surface area (Å²) in [6, 6.07) is 9.68. The first kappa shape index (κ1) is 16.5. The zero-order chi connectivity index (χ0) is 13.8. The molecule has 0 amide bonds. The molecule has 0 saturated heterocycles. The summed E-state index contributed by atoms with van der Waals surface area (Å²) in [6.45, 7) is 4.00. The van der Waals surface area contributed by atoms with Crippen LogP contribution in [-0.2, 0) is 4.79 Å². The Balaban J connectivity index is 0.000000327. The third-order valence-corrected chi connectivity index (χ3v) is 2.73. The van der Waals surface area contributed by atoms with Crippen LogP contribution in [0.5, 0.6) is 5.75 Å².